The maximum Gasteiger partial charge on any atom is 0.340 e. The molecular weight excluding hydrogens is 296 g/mol. The number of hydrogen-bond donors (Lipinski definition) is 2. The van der Waals surface area contributed by atoms with Crippen molar-refractivity contribution < 1.29 is 19.1 Å². The maximum atomic E-state index is 12.0. The lowest BCUT2D eigenvalue weighted by Crippen LogP contribution is -2.35. The van der Waals surface area contributed by atoms with E-state index in [9.17, 15) is 14.4 Å². The smallest absolute Gasteiger partial charge is 0.340 e. The van der Waals surface area contributed by atoms with Gasteiger partial charge in [0.2, 0.25) is 11.8 Å². The Hall–Kier alpha value is -2.37. The lowest BCUT2D eigenvalue weighted by Gasteiger charge is -2.13. The minimum Gasteiger partial charge on any atom is -0.462 e. The normalized spacial score (nSPS) is 14.3. The standard InChI is InChI=1S/C17H22N2O4/c1-2-23-17(22)13-9-5-6-10-14(13)19-16(21)11-15(20)18-12-7-3-4-8-12/h5-6,9-10,12H,2-4,7-8,11H2,1H3,(H,18,20)(H,19,21). The molecule has 1 aromatic carbocycles. The molecular formula is C17H22N2O4. The second-order valence-corrected chi connectivity index (χ2v) is 5.54. The van der Waals surface area contributed by atoms with Crippen molar-refractivity contribution in [2.75, 3.05) is 11.9 Å². The highest BCUT2D eigenvalue weighted by atomic mass is 16.5. The SMILES string of the molecule is CCOC(=O)c1ccccc1NC(=O)CC(=O)NC1CCCC1. The molecule has 1 aliphatic rings. The van der Waals surface area contributed by atoms with Gasteiger partial charge in [-0.25, -0.2) is 4.79 Å². The van der Waals surface area contributed by atoms with Crippen LogP contribution in [0.5, 0.6) is 0 Å². The zero-order valence-corrected chi connectivity index (χ0v) is 13.3. The molecule has 0 atom stereocenters. The largest absolute Gasteiger partial charge is 0.462 e. The minimum absolute atomic E-state index is 0.183. The van der Waals surface area contributed by atoms with E-state index in [1.807, 2.05) is 0 Å². The third-order valence-corrected chi connectivity index (χ3v) is 3.74. The molecule has 2 rings (SSSR count). The Morgan fingerprint density at radius 1 is 1.13 bits per heavy atom. The van der Waals surface area contributed by atoms with Crippen LogP contribution < -0.4 is 10.6 Å². The molecule has 2 amide bonds. The summed E-state index contributed by atoms with van der Waals surface area (Å²) in [6.07, 6.45) is 3.92. The van der Waals surface area contributed by atoms with Gasteiger partial charge >= 0.3 is 5.97 Å². The first-order valence-electron chi connectivity index (χ1n) is 7.95. The highest BCUT2D eigenvalue weighted by Gasteiger charge is 2.20. The zero-order valence-electron chi connectivity index (χ0n) is 13.3. The topological polar surface area (TPSA) is 84.5 Å². The van der Waals surface area contributed by atoms with Crippen LogP contribution in [-0.2, 0) is 14.3 Å². The molecule has 0 bridgehead atoms. The number of hydrogen-bond acceptors (Lipinski definition) is 4. The van der Waals surface area contributed by atoms with E-state index in [1.54, 1.807) is 31.2 Å². The van der Waals surface area contributed by atoms with Gasteiger partial charge < -0.3 is 15.4 Å². The average molecular weight is 318 g/mol. The monoisotopic (exact) mass is 318 g/mol. The number of carbonyl (C=O) groups is 3. The van der Waals surface area contributed by atoms with Crippen LogP contribution in [0.2, 0.25) is 0 Å². The van der Waals surface area contributed by atoms with E-state index < -0.39 is 11.9 Å². The molecule has 1 aliphatic carbocycles. The number of ether oxygens (including phenoxy) is 1. The van der Waals surface area contributed by atoms with Gasteiger partial charge in [0.1, 0.15) is 6.42 Å². The van der Waals surface area contributed by atoms with Gasteiger partial charge in [0.25, 0.3) is 0 Å². The summed E-state index contributed by atoms with van der Waals surface area (Å²) in [4.78, 5) is 35.7. The molecule has 0 radical (unpaired) electrons. The predicted molar refractivity (Wildman–Crippen MR) is 86.0 cm³/mol. The third-order valence-electron chi connectivity index (χ3n) is 3.74. The Bertz CT molecular complexity index is 580. The van der Waals surface area contributed by atoms with E-state index in [2.05, 4.69) is 10.6 Å². The van der Waals surface area contributed by atoms with E-state index in [-0.39, 0.29) is 30.5 Å². The van der Waals surface area contributed by atoms with Crippen LogP contribution in [0.25, 0.3) is 0 Å². The second-order valence-electron chi connectivity index (χ2n) is 5.54. The first-order valence-corrected chi connectivity index (χ1v) is 7.95. The van der Waals surface area contributed by atoms with Gasteiger partial charge in [-0.1, -0.05) is 25.0 Å². The third kappa shape index (κ3) is 5.09. The Kier molecular flexibility index (Phi) is 6.14. The van der Waals surface area contributed by atoms with Crippen molar-refractivity contribution in [3.63, 3.8) is 0 Å². The summed E-state index contributed by atoms with van der Waals surface area (Å²) in [7, 11) is 0. The summed E-state index contributed by atoms with van der Waals surface area (Å²) in [5, 5.41) is 5.47. The van der Waals surface area contributed by atoms with Gasteiger partial charge in [0.15, 0.2) is 0 Å². The predicted octanol–water partition coefficient (Wildman–Crippen LogP) is 2.25. The zero-order chi connectivity index (χ0) is 16.7. The Morgan fingerprint density at radius 2 is 1.83 bits per heavy atom. The number of benzene rings is 1. The number of rotatable bonds is 6. The number of carbonyl (C=O) groups excluding carboxylic acids is 3. The molecule has 0 saturated heterocycles. The quantitative estimate of drug-likeness (QED) is 0.622. The number of esters is 1. The van der Waals surface area contributed by atoms with Crippen LogP contribution in [0.1, 0.15) is 49.4 Å². The highest BCUT2D eigenvalue weighted by Crippen LogP contribution is 2.18. The number of anilines is 1. The fourth-order valence-corrected chi connectivity index (χ4v) is 2.67. The lowest BCUT2D eigenvalue weighted by atomic mass is 10.1. The first-order chi connectivity index (χ1) is 11.1. The van der Waals surface area contributed by atoms with Gasteiger partial charge in [0.05, 0.1) is 17.9 Å². The molecule has 23 heavy (non-hydrogen) atoms. The Balaban J connectivity index is 1.92. The lowest BCUT2D eigenvalue weighted by molar-refractivity contribution is -0.127. The van der Waals surface area contributed by atoms with Crippen molar-refractivity contribution in [1.82, 2.24) is 5.32 Å². The molecule has 2 N–H and O–H groups in total. The fourth-order valence-electron chi connectivity index (χ4n) is 2.67. The maximum absolute atomic E-state index is 12.0. The molecule has 0 aromatic heterocycles. The van der Waals surface area contributed by atoms with Gasteiger partial charge in [-0.15, -0.1) is 0 Å². The van der Waals surface area contributed by atoms with E-state index in [0.29, 0.717) is 5.69 Å². The number of nitrogens with one attached hydrogen (secondary N) is 2. The van der Waals surface area contributed by atoms with Crippen LogP contribution >= 0.6 is 0 Å². The molecule has 6 heteroatoms. The van der Waals surface area contributed by atoms with Crippen LogP contribution in [-0.4, -0.2) is 30.4 Å². The van der Waals surface area contributed by atoms with Crippen LogP contribution in [0.15, 0.2) is 24.3 Å². The molecule has 1 saturated carbocycles. The van der Waals surface area contributed by atoms with Crippen LogP contribution in [0.3, 0.4) is 0 Å². The van der Waals surface area contributed by atoms with Gasteiger partial charge in [-0.2, -0.15) is 0 Å². The first kappa shape index (κ1) is 17.0. The van der Waals surface area contributed by atoms with Crippen molar-refractivity contribution in [1.29, 1.82) is 0 Å². The van der Waals surface area contributed by atoms with Gasteiger partial charge in [-0.3, -0.25) is 9.59 Å². The Labute approximate surface area is 135 Å². The number of para-hydroxylation sites is 1. The average Bonchev–Trinajstić information content (AvgIpc) is 3.00. The van der Waals surface area contributed by atoms with Crippen molar-refractivity contribution in [2.45, 2.75) is 45.1 Å². The van der Waals surface area contributed by atoms with E-state index in [1.165, 1.54) is 0 Å². The minimum atomic E-state index is -0.501. The van der Waals surface area contributed by atoms with Crippen molar-refractivity contribution in [3.8, 4) is 0 Å². The van der Waals surface area contributed by atoms with E-state index in [0.717, 1.165) is 25.7 Å². The van der Waals surface area contributed by atoms with Crippen molar-refractivity contribution in [2.24, 2.45) is 0 Å². The summed E-state index contributed by atoms with van der Waals surface area (Å²) < 4.78 is 4.95. The summed E-state index contributed by atoms with van der Waals surface area (Å²) in [6.45, 7) is 1.97. The Morgan fingerprint density at radius 3 is 2.52 bits per heavy atom. The van der Waals surface area contributed by atoms with E-state index in [4.69, 9.17) is 4.74 Å². The molecule has 1 aromatic rings. The molecule has 1 fully saturated rings. The second kappa shape index (κ2) is 8.31. The molecule has 0 spiro atoms. The molecule has 6 nitrogen and oxygen atoms in total. The summed E-state index contributed by atoms with van der Waals surface area (Å²) >= 11 is 0. The van der Waals surface area contributed by atoms with Crippen LogP contribution in [0, 0.1) is 0 Å². The molecule has 0 heterocycles. The molecule has 124 valence electrons. The summed E-state index contributed by atoms with van der Waals surface area (Å²) in [5.41, 5.74) is 0.628. The van der Waals surface area contributed by atoms with Gasteiger partial charge in [-0.05, 0) is 31.9 Å². The summed E-state index contributed by atoms with van der Waals surface area (Å²) in [6, 6.07) is 6.76. The fraction of sp³-hybridized carbons (Fsp3) is 0.471. The van der Waals surface area contributed by atoms with E-state index >= 15 is 0 Å². The van der Waals surface area contributed by atoms with Crippen molar-refractivity contribution in [3.05, 3.63) is 29.8 Å². The van der Waals surface area contributed by atoms with Crippen LogP contribution in [0.4, 0.5) is 5.69 Å². The van der Waals surface area contributed by atoms with Crippen molar-refractivity contribution >= 4 is 23.5 Å². The molecule has 0 aliphatic heterocycles. The number of amides is 2. The van der Waals surface area contributed by atoms with Gasteiger partial charge in [0, 0.05) is 6.04 Å². The summed E-state index contributed by atoms with van der Waals surface area (Å²) in [5.74, 6) is -1.24. The highest BCUT2D eigenvalue weighted by molar-refractivity contribution is 6.06. The molecule has 0 unspecified atom stereocenters.